The number of nitrogens with zero attached hydrogens (tertiary/aromatic N) is 3. The standard InChI is InChI=1S/C19H19ClN4O2/c1-12(13-6-8-14(20)9-7-13)24-11-15(10-21-24)22-19(25)18-16-4-2-3-5-17(16)26-23-18/h6-12H,2-5H2,1H3,(H,22,25). The first-order valence-corrected chi connectivity index (χ1v) is 9.08. The molecule has 7 heteroatoms. The minimum Gasteiger partial charge on any atom is -0.360 e. The number of nitrogens with one attached hydrogen (secondary N) is 1. The fraction of sp³-hybridized carbons (Fsp3) is 0.316. The fourth-order valence-corrected chi connectivity index (χ4v) is 3.39. The van der Waals surface area contributed by atoms with Gasteiger partial charge in [0.2, 0.25) is 0 Å². The third kappa shape index (κ3) is 3.24. The molecule has 134 valence electrons. The normalized spacial score (nSPS) is 14.7. The van der Waals surface area contributed by atoms with Gasteiger partial charge in [0.25, 0.3) is 5.91 Å². The Bertz CT molecular complexity index is 929. The highest BCUT2D eigenvalue weighted by Gasteiger charge is 2.24. The van der Waals surface area contributed by atoms with Crippen LogP contribution in [0, 0.1) is 0 Å². The first-order valence-electron chi connectivity index (χ1n) is 8.70. The Kier molecular flexibility index (Phi) is 4.51. The van der Waals surface area contributed by atoms with Crippen LogP contribution in [0.5, 0.6) is 0 Å². The molecule has 1 aromatic carbocycles. The van der Waals surface area contributed by atoms with Crippen molar-refractivity contribution in [3.8, 4) is 0 Å². The van der Waals surface area contributed by atoms with Crippen molar-refractivity contribution in [2.45, 2.75) is 38.6 Å². The average Bonchev–Trinajstić information content (AvgIpc) is 3.28. The number of halogens is 1. The number of aryl methyl sites for hydroxylation is 1. The number of hydrogen-bond acceptors (Lipinski definition) is 4. The number of benzene rings is 1. The second kappa shape index (κ2) is 6.96. The SMILES string of the molecule is CC(c1ccc(Cl)cc1)n1cc(NC(=O)c2noc3c2CCCC3)cn1. The lowest BCUT2D eigenvalue weighted by Crippen LogP contribution is -2.15. The molecule has 2 heterocycles. The number of carbonyl (C=O) groups is 1. The predicted molar refractivity (Wildman–Crippen MR) is 98.6 cm³/mol. The van der Waals surface area contributed by atoms with E-state index in [1.807, 2.05) is 37.4 Å². The summed E-state index contributed by atoms with van der Waals surface area (Å²) in [6, 6.07) is 7.67. The zero-order valence-corrected chi connectivity index (χ0v) is 15.2. The molecule has 1 N–H and O–H groups in total. The van der Waals surface area contributed by atoms with E-state index in [2.05, 4.69) is 15.6 Å². The van der Waals surface area contributed by atoms with Crippen LogP contribution in [-0.2, 0) is 12.8 Å². The Balaban J connectivity index is 1.49. The van der Waals surface area contributed by atoms with Crippen LogP contribution in [0.2, 0.25) is 5.02 Å². The van der Waals surface area contributed by atoms with Crippen molar-refractivity contribution in [2.24, 2.45) is 0 Å². The van der Waals surface area contributed by atoms with E-state index in [4.69, 9.17) is 16.1 Å². The Morgan fingerprint density at radius 3 is 2.85 bits per heavy atom. The van der Waals surface area contributed by atoms with Gasteiger partial charge in [0, 0.05) is 23.2 Å². The van der Waals surface area contributed by atoms with Crippen molar-refractivity contribution in [1.29, 1.82) is 0 Å². The summed E-state index contributed by atoms with van der Waals surface area (Å²) < 4.78 is 7.12. The molecule has 1 unspecified atom stereocenters. The van der Waals surface area contributed by atoms with E-state index in [1.165, 1.54) is 0 Å². The lowest BCUT2D eigenvalue weighted by molar-refractivity contribution is 0.101. The van der Waals surface area contributed by atoms with Crippen molar-refractivity contribution >= 4 is 23.2 Å². The summed E-state index contributed by atoms with van der Waals surface area (Å²) in [7, 11) is 0. The topological polar surface area (TPSA) is 73.0 Å². The first-order chi connectivity index (χ1) is 12.6. The molecule has 0 spiro atoms. The number of amides is 1. The molecule has 3 aromatic rings. The molecule has 1 amide bonds. The smallest absolute Gasteiger partial charge is 0.278 e. The van der Waals surface area contributed by atoms with Crippen LogP contribution in [0.4, 0.5) is 5.69 Å². The van der Waals surface area contributed by atoms with Crippen molar-refractivity contribution in [1.82, 2.24) is 14.9 Å². The molecule has 0 saturated heterocycles. The highest BCUT2D eigenvalue weighted by molar-refractivity contribution is 6.30. The van der Waals surface area contributed by atoms with E-state index >= 15 is 0 Å². The van der Waals surface area contributed by atoms with Gasteiger partial charge in [-0.25, -0.2) is 0 Å². The lowest BCUT2D eigenvalue weighted by Gasteiger charge is -2.12. The molecule has 6 nitrogen and oxygen atoms in total. The molecule has 0 aliphatic heterocycles. The van der Waals surface area contributed by atoms with Gasteiger partial charge < -0.3 is 9.84 Å². The first kappa shape index (κ1) is 16.8. The monoisotopic (exact) mass is 370 g/mol. The minimum atomic E-state index is -0.254. The Labute approximate surface area is 156 Å². The summed E-state index contributed by atoms with van der Waals surface area (Å²) in [5.74, 6) is 0.587. The minimum absolute atomic E-state index is 0.0257. The molecule has 0 bridgehead atoms. The van der Waals surface area contributed by atoms with Gasteiger partial charge in [-0.1, -0.05) is 28.9 Å². The Morgan fingerprint density at radius 1 is 1.27 bits per heavy atom. The number of anilines is 1. The van der Waals surface area contributed by atoms with E-state index in [0.717, 1.165) is 42.6 Å². The van der Waals surface area contributed by atoms with E-state index in [-0.39, 0.29) is 11.9 Å². The number of carbonyl (C=O) groups excluding carboxylic acids is 1. The quantitative estimate of drug-likeness (QED) is 0.744. The molecule has 0 fully saturated rings. The van der Waals surface area contributed by atoms with Gasteiger partial charge in [-0.3, -0.25) is 9.48 Å². The summed E-state index contributed by atoms with van der Waals surface area (Å²) in [4.78, 5) is 12.5. The summed E-state index contributed by atoms with van der Waals surface area (Å²) in [5, 5.41) is 11.9. The molecule has 1 atom stereocenters. The van der Waals surface area contributed by atoms with Crippen LogP contribution >= 0.6 is 11.6 Å². The van der Waals surface area contributed by atoms with Crippen LogP contribution < -0.4 is 5.32 Å². The van der Waals surface area contributed by atoms with E-state index in [9.17, 15) is 4.79 Å². The van der Waals surface area contributed by atoms with Crippen molar-refractivity contribution in [3.63, 3.8) is 0 Å². The van der Waals surface area contributed by atoms with Gasteiger partial charge >= 0.3 is 0 Å². The third-order valence-electron chi connectivity index (χ3n) is 4.77. The van der Waals surface area contributed by atoms with Gasteiger partial charge in [-0.15, -0.1) is 0 Å². The largest absolute Gasteiger partial charge is 0.360 e. The molecular weight excluding hydrogens is 352 g/mol. The number of fused-ring (bicyclic) bond motifs is 1. The molecular formula is C19H19ClN4O2. The Morgan fingerprint density at radius 2 is 2.04 bits per heavy atom. The van der Waals surface area contributed by atoms with E-state index in [0.29, 0.717) is 16.4 Å². The third-order valence-corrected chi connectivity index (χ3v) is 5.03. The highest BCUT2D eigenvalue weighted by Crippen LogP contribution is 2.25. The molecule has 0 saturated carbocycles. The maximum Gasteiger partial charge on any atom is 0.278 e. The lowest BCUT2D eigenvalue weighted by atomic mass is 9.96. The maximum absolute atomic E-state index is 12.5. The van der Waals surface area contributed by atoms with Crippen LogP contribution in [0.15, 0.2) is 41.2 Å². The average molecular weight is 371 g/mol. The van der Waals surface area contributed by atoms with Crippen LogP contribution in [0.1, 0.15) is 53.2 Å². The predicted octanol–water partition coefficient (Wildman–Crippen LogP) is 4.26. The molecule has 0 radical (unpaired) electrons. The molecule has 1 aliphatic carbocycles. The number of aromatic nitrogens is 3. The van der Waals surface area contributed by atoms with Crippen molar-refractivity contribution in [3.05, 3.63) is 64.3 Å². The van der Waals surface area contributed by atoms with Gasteiger partial charge in [-0.05, 0) is 43.9 Å². The maximum atomic E-state index is 12.5. The van der Waals surface area contributed by atoms with Crippen molar-refractivity contribution in [2.75, 3.05) is 5.32 Å². The Hall–Kier alpha value is -2.60. The van der Waals surface area contributed by atoms with Crippen LogP contribution in [0.25, 0.3) is 0 Å². The fourth-order valence-electron chi connectivity index (χ4n) is 3.26. The van der Waals surface area contributed by atoms with Crippen molar-refractivity contribution < 1.29 is 9.32 Å². The van der Waals surface area contributed by atoms with E-state index < -0.39 is 0 Å². The zero-order valence-electron chi connectivity index (χ0n) is 14.4. The summed E-state index contributed by atoms with van der Waals surface area (Å²) >= 11 is 5.94. The molecule has 2 aromatic heterocycles. The summed E-state index contributed by atoms with van der Waals surface area (Å²) in [5.41, 5.74) is 3.04. The van der Waals surface area contributed by atoms with Crippen LogP contribution in [0.3, 0.4) is 0 Å². The molecule has 26 heavy (non-hydrogen) atoms. The number of hydrogen-bond donors (Lipinski definition) is 1. The van der Waals surface area contributed by atoms with E-state index in [1.54, 1.807) is 10.9 Å². The second-order valence-corrected chi connectivity index (χ2v) is 6.97. The van der Waals surface area contributed by atoms with Gasteiger partial charge in [-0.2, -0.15) is 5.10 Å². The van der Waals surface area contributed by atoms with Gasteiger partial charge in [0.15, 0.2) is 5.69 Å². The summed E-state index contributed by atoms with van der Waals surface area (Å²) in [6.07, 6.45) is 7.28. The van der Waals surface area contributed by atoms with Gasteiger partial charge in [0.05, 0.1) is 17.9 Å². The van der Waals surface area contributed by atoms with Crippen LogP contribution in [-0.4, -0.2) is 20.8 Å². The second-order valence-electron chi connectivity index (χ2n) is 6.53. The zero-order chi connectivity index (χ0) is 18.1. The molecule has 1 aliphatic rings. The number of rotatable bonds is 4. The highest BCUT2D eigenvalue weighted by atomic mass is 35.5. The molecule has 4 rings (SSSR count). The van der Waals surface area contributed by atoms with Gasteiger partial charge in [0.1, 0.15) is 5.76 Å². The summed E-state index contributed by atoms with van der Waals surface area (Å²) in [6.45, 7) is 2.04.